The first kappa shape index (κ1) is 17.4. The molecule has 3 N–H and O–H groups in total. The molecule has 1 heterocycles. The largest absolute Gasteiger partial charge is 0.353 e. The number of hydrogen-bond acceptors (Lipinski definition) is 4. The molecule has 20 heavy (non-hydrogen) atoms. The molecule has 0 radical (unpaired) electrons. The van der Waals surface area contributed by atoms with E-state index in [4.69, 9.17) is 0 Å². The highest BCUT2D eigenvalue weighted by molar-refractivity contribution is 7.89. The standard InChI is InChI=1S/C13H27N3O3S/c1-10(2)15-13(17)11(3)16-20(18,19)9-6-12-4-7-14-8-5-12/h10-12,14,16H,4-9H2,1-3H3,(H,15,17). The molecule has 0 spiro atoms. The summed E-state index contributed by atoms with van der Waals surface area (Å²) in [6.07, 6.45) is 2.72. The van der Waals surface area contributed by atoms with Crippen molar-refractivity contribution in [1.29, 1.82) is 0 Å². The van der Waals surface area contributed by atoms with Crippen LogP contribution in [0.25, 0.3) is 0 Å². The zero-order valence-corrected chi connectivity index (χ0v) is 13.4. The number of piperidine rings is 1. The molecule has 1 saturated heterocycles. The monoisotopic (exact) mass is 305 g/mol. The SMILES string of the molecule is CC(C)NC(=O)C(C)NS(=O)(=O)CCC1CCNCC1. The van der Waals surface area contributed by atoms with Crippen LogP contribution in [-0.2, 0) is 14.8 Å². The molecule has 0 aromatic heterocycles. The molecular formula is C13H27N3O3S. The Hall–Kier alpha value is -0.660. The lowest BCUT2D eigenvalue weighted by molar-refractivity contribution is -0.122. The highest BCUT2D eigenvalue weighted by Gasteiger charge is 2.22. The minimum absolute atomic E-state index is 0.00388. The van der Waals surface area contributed by atoms with Crippen molar-refractivity contribution in [2.75, 3.05) is 18.8 Å². The molecule has 0 bridgehead atoms. The van der Waals surface area contributed by atoms with E-state index in [9.17, 15) is 13.2 Å². The van der Waals surface area contributed by atoms with Crippen LogP contribution >= 0.6 is 0 Å². The molecule has 0 aliphatic carbocycles. The van der Waals surface area contributed by atoms with Crippen molar-refractivity contribution in [1.82, 2.24) is 15.4 Å². The van der Waals surface area contributed by atoms with E-state index in [1.165, 1.54) is 0 Å². The van der Waals surface area contributed by atoms with Crippen LogP contribution in [0.3, 0.4) is 0 Å². The maximum atomic E-state index is 12.0. The number of hydrogen-bond donors (Lipinski definition) is 3. The van der Waals surface area contributed by atoms with Gasteiger partial charge < -0.3 is 10.6 Å². The Morgan fingerprint density at radius 3 is 2.40 bits per heavy atom. The second-order valence-electron chi connectivity index (χ2n) is 5.80. The zero-order chi connectivity index (χ0) is 15.2. The minimum Gasteiger partial charge on any atom is -0.353 e. The van der Waals surface area contributed by atoms with Crippen LogP contribution < -0.4 is 15.4 Å². The molecule has 0 aromatic rings. The fourth-order valence-corrected chi connectivity index (χ4v) is 3.69. The topological polar surface area (TPSA) is 87.3 Å². The molecule has 7 heteroatoms. The lowest BCUT2D eigenvalue weighted by Crippen LogP contribution is -2.47. The molecule has 1 fully saturated rings. The van der Waals surface area contributed by atoms with Gasteiger partial charge in [0, 0.05) is 6.04 Å². The van der Waals surface area contributed by atoms with Gasteiger partial charge in [-0.3, -0.25) is 4.79 Å². The molecule has 1 amide bonds. The Kier molecular flexibility index (Phi) is 6.91. The quantitative estimate of drug-likeness (QED) is 0.627. The third-order valence-corrected chi connectivity index (χ3v) is 4.92. The summed E-state index contributed by atoms with van der Waals surface area (Å²) in [5.41, 5.74) is 0. The normalized spacial score (nSPS) is 19.0. The first-order chi connectivity index (χ1) is 9.30. The lowest BCUT2D eigenvalue weighted by atomic mass is 9.96. The van der Waals surface area contributed by atoms with E-state index in [2.05, 4.69) is 15.4 Å². The van der Waals surface area contributed by atoms with Crippen LogP contribution in [-0.4, -0.2) is 45.3 Å². The Labute approximate surface area is 122 Å². The average molecular weight is 305 g/mol. The maximum absolute atomic E-state index is 12.0. The fraction of sp³-hybridized carbons (Fsp3) is 0.923. The van der Waals surface area contributed by atoms with Gasteiger partial charge in [-0.1, -0.05) is 0 Å². The third-order valence-electron chi connectivity index (χ3n) is 3.43. The highest BCUT2D eigenvalue weighted by atomic mass is 32.2. The minimum atomic E-state index is -3.39. The Morgan fingerprint density at radius 1 is 1.25 bits per heavy atom. The summed E-state index contributed by atoms with van der Waals surface area (Å²) < 4.78 is 26.4. The second-order valence-corrected chi connectivity index (χ2v) is 7.68. The molecule has 1 unspecified atom stereocenters. The summed E-state index contributed by atoms with van der Waals surface area (Å²) in [7, 11) is -3.39. The van der Waals surface area contributed by atoms with Crippen LogP contribution in [0, 0.1) is 5.92 Å². The molecular weight excluding hydrogens is 278 g/mol. The van der Waals surface area contributed by atoms with E-state index in [1.54, 1.807) is 6.92 Å². The van der Waals surface area contributed by atoms with Gasteiger partial charge in [0.1, 0.15) is 0 Å². The van der Waals surface area contributed by atoms with E-state index in [0.29, 0.717) is 12.3 Å². The summed E-state index contributed by atoms with van der Waals surface area (Å²) in [5, 5.41) is 5.96. The number of amides is 1. The summed E-state index contributed by atoms with van der Waals surface area (Å²) in [4.78, 5) is 11.7. The van der Waals surface area contributed by atoms with Crippen molar-refractivity contribution in [2.24, 2.45) is 5.92 Å². The molecule has 118 valence electrons. The molecule has 0 aromatic carbocycles. The van der Waals surface area contributed by atoms with Crippen molar-refractivity contribution in [3.8, 4) is 0 Å². The maximum Gasteiger partial charge on any atom is 0.238 e. The Balaban J connectivity index is 2.38. The van der Waals surface area contributed by atoms with E-state index in [1.807, 2.05) is 13.8 Å². The van der Waals surface area contributed by atoms with E-state index >= 15 is 0 Å². The lowest BCUT2D eigenvalue weighted by Gasteiger charge is -2.23. The molecule has 1 aliphatic rings. The van der Waals surface area contributed by atoms with E-state index < -0.39 is 16.1 Å². The van der Waals surface area contributed by atoms with Gasteiger partial charge in [-0.15, -0.1) is 0 Å². The first-order valence-corrected chi connectivity index (χ1v) is 8.96. The fourth-order valence-electron chi connectivity index (χ4n) is 2.28. The molecule has 1 rings (SSSR count). The number of carbonyl (C=O) groups excluding carboxylic acids is 1. The van der Waals surface area contributed by atoms with Gasteiger partial charge >= 0.3 is 0 Å². The van der Waals surface area contributed by atoms with Crippen molar-refractivity contribution in [3.05, 3.63) is 0 Å². The summed E-state index contributed by atoms with van der Waals surface area (Å²) in [6, 6.07) is -0.723. The van der Waals surface area contributed by atoms with Gasteiger partial charge in [-0.25, -0.2) is 13.1 Å². The first-order valence-electron chi connectivity index (χ1n) is 7.31. The van der Waals surface area contributed by atoms with Crippen LogP contribution in [0.5, 0.6) is 0 Å². The van der Waals surface area contributed by atoms with Gasteiger partial charge in [-0.2, -0.15) is 0 Å². The molecule has 0 saturated carbocycles. The van der Waals surface area contributed by atoms with E-state index in [0.717, 1.165) is 25.9 Å². The number of carbonyl (C=O) groups is 1. The number of sulfonamides is 1. The average Bonchev–Trinajstić information content (AvgIpc) is 2.36. The van der Waals surface area contributed by atoms with E-state index in [-0.39, 0.29) is 17.7 Å². The van der Waals surface area contributed by atoms with Gasteiger partial charge in [-0.05, 0) is 59.0 Å². The van der Waals surface area contributed by atoms with Crippen molar-refractivity contribution < 1.29 is 13.2 Å². The smallest absolute Gasteiger partial charge is 0.238 e. The number of rotatable bonds is 7. The summed E-state index contributed by atoms with van der Waals surface area (Å²) in [6.45, 7) is 7.18. The van der Waals surface area contributed by atoms with Gasteiger partial charge in [0.2, 0.25) is 15.9 Å². The zero-order valence-electron chi connectivity index (χ0n) is 12.6. The summed E-state index contributed by atoms with van der Waals surface area (Å²) >= 11 is 0. The Morgan fingerprint density at radius 2 is 1.85 bits per heavy atom. The van der Waals surface area contributed by atoms with Crippen molar-refractivity contribution in [2.45, 2.75) is 52.1 Å². The second kappa shape index (κ2) is 7.95. The predicted octanol–water partition coefficient (Wildman–Crippen LogP) is 0.209. The predicted molar refractivity (Wildman–Crippen MR) is 79.9 cm³/mol. The number of nitrogens with one attached hydrogen (secondary N) is 3. The van der Waals surface area contributed by atoms with Crippen molar-refractivity contribution in [3.63, 3.8) is 0 Å². The van der Waals surface area contributed by atoms with Crippen LogP contribution in [0.1, 0.15) is 40.0 Å². The van der Waals surface area contributed by atoms with Gasteiger partial charge in [0.25, 0.3) is 0 Å². The Bertz CT molecular complexity index is 403. The third kappa shape index (κ3) is 6.67. The molecule has 6 nitrogen and oxygen atoms in total. The van der Waals surface area contributed by atoms with Crippen LogP contribution in [0.2, 0.25) is 0 Å². The van der Waals surface area contributed by atoms with Crippen LogP contribution in [0.4, 0.5) is 0 Å². The molecule has 1 aliphatic heterocycles. The molecule has 1 atom stereocenters. The van der Waals surface area contributed by atoms with Gasteiger partial charge in [0.05, 0.1) is 11.8 Å². The van der Waals surface area contributed by atoms with Gasteiger partial charge in [0.15, 0.2) is 0 Å². The van der Waals surface area contributed by atoms with Crippen molar-refractivity contribution >= 4 is 15.9 Å². The highest BCUT2D eigenvalue weighted by Crippen LogP contribution is 2.16. The summed E-state index contributed by atoms with van der Waals surface area (Å²) in [5.74, 6) is 0.273. The van der Waals surface area contributed by atoms with Crippen LogP contribution in [0.15, 0.2) is 0 Å².